The molecule has 1 aliphatic heterocycles. The number of carbonyl (C=O) groups is 1. The van der Waals surface area contributed by atoms with E-state index in [1.165, 1.54) is 18.2 Å². The fourth-order valence-electron chi connectivity index (χ4n) is 2.47. The van der Waals surface area contributed by atoms with Gasteiger partial charge in [-0.2, -0.15) is 8.78 Å². The summed E-state index contributed by atoms with van der Waals surface area (Å²) in [6.45, 7) is 1.40. The lowest BCUT2D eigenvalue weighted by molar-refractivity contribution is -0.0501. The number of nitrogens with one attached hydrogen (secondary N) is 2. The van der Waals surface area contributed by atoms with Gasteiger partial charge in [0.2, 0.25) is 0 Å². The van der Waals surface area contributed by atoms with Gasteiger partial charge in [0.1, 0.15) is 5.75 Å². The van der Waals surface area contributed by atoms with Crippen molar-refractivity contribution in [2.24, 2.45) is 5.41 Å². The van der Waals surface area contributed by atoms with Crippen molar-refractivity contribution < 1.29 is 18.3 Å². The van der Waals surface area contributed by atoms with Crippen LogP contribution in [0.15, 0.2) is 18.2 Å². The molecule has 0 unspecified atom stereocenters. The standard InChI is InChI=1S/C15H19ClF2N2O2.ClH/c1-15(4-6-19-7-5-15)9-20-13(21)11-8-10(16)2-3-12(11)22-14(17)18;/h2-3,8,14,19H,4-7,9H2,1H3,(H,20,21);1H. The van der Waals surface area contributed by atoms with Gasteiger partial charge in [-0.15, -0.1) is 12.4 Å². The summed E-state index contributed by atoms with van der Waals surface area (Å²) < 4.78 is 29.2. The Hall–Kier alpha value is -1.11. The zero-order chi connectivity index (χ0) is 16.2. The van der Waals surface area contributed by atoms with Crippen molar-refractivity contribution in [2.45, 2.75) is 26.4 Å². The maximum atomic E-state index is 12.4. The quantitative estimate of drug-likeness (QED) is 0.836. The van der Waals surface area contributed by atoms with Gasteiger partial charge in [-0.1, -0.05) is 18.5 Å². The van der Waals surface area contributed by atoms with Gasteiger partial charge in [0.25, 0.3) is 5.91 Å². The molecule has 1 aromatic rings. The first-order valence-electron chi connectivity index (χ1n) is 7.13. The molecule has 1 aromatic carbocycles. The zero-order valence-electron chi connectivity index (χ0n) is 12.7. The summed E-state index contributed by atoms with van der Waals surface area (Å²) in [6.07, 6.45) is 1.90. The number of halogens is 4. The van der Waals surface area contributed by atoms with Crippen LogP contribution in [0, 0.1) is 5.41 Å². The first kappa shape index (κ1) is 19.9. The number of carbonyl (C=O) groups excluding carboxylic acids is 1. The normalized spacial score (nSPS) is 16.6. The van der Waals surface area contributed by atoms with Gasteiger partial charge in [-0.05, 0) is 49.5 Å². The van der Waals surface area contributed by atoms with Crippen molar-refractivity contribution >= 4 is 29.9 Å². The van der Waals surface area contributed by atoms with Gasteiger partial charge >= 0.3 is 6.61 Å². The molecule has 0 bridgehead atoms. The van der Waals surface area contributed by atoms with Crippen LogP contribution in [0.2, 0.25) is 5.02 Å². The van der Waals surface area contributed by atoms with Crippen LogP contribution in [-0.2, 0) is 0 Å². The summed E-state index contributed by atoms with van der Waals surface area (Å²) in [5.41, 5.74) is 0.0220. The summed E-state index contributed by atoms with van der Waals surface area (Å²) >= 11 is 5.84. The van der Waals surface area contributed by atoms with Gasteiger partial charge in [0.05, 0.1) is 5.56 Å². The van der Waals surface area contributed by atoms with Gasteiger partial charge in [0, 0.05) is 11.6 Å². The molecule has 0 saturated carbocycles. The van der Waals surface area contributed by atoms with E-state index in [2.05, 4.69) is 22.3 Å². The molecule has 0 aromatic heterocycles. The second kappa shape index (κ2) is 8.66. The predicted octanol–water partition coefficient (Wildman–Crippen LogP) is 3.48. The molecule has 1 heterocycles. The van der Waals surface area contributed by atoms with Gasteiger partial charge in [-0.25, -0.2) is 0 Å². The molecule has 23 heavy (non-hydrogen) atoms. The lowest BCUT2D eigenvalue weighted by atomic mass is 9.81. The fraction of sp³-hybridized carbons (Fsp3) is 0.533. The van der Waals surface area contributed by atoms with Gasteiger partial charge in [0.15, 0.2) is 0 Å². The van der Waals surface area contributed by atoms with Crippen LogP contribution in [0.4, 0.5) is 8.78 Å². The number of piperidine rings is 1. The second-order valence-electron chi connectivity index (χ2n) is 5.76. The van der Waals surface area contributed by atoms with Crippen LogP contribution >= 0.6 is 24.0 Å². The minimum Gasteiger partial charge on any atom is -0.434 e. The molecule has 1 aliphatic rings. The number of benzene rings is 1. The van der Waals surface area contributed by atoms with Crippen LogP contribution in [0.25, 0.3) is 0 Å². The lowest BCUT2D eigenvalue weighted by Gasteiger charge is -2.34. The Morgan fingerprint density at radius 1 is 1.43 bits per heavy atom. The number of hydrogen-bond acceptors (Lipinski definition) is 3. The molecule has 130 valence electrons. The maximum Gasteiger partial charge on any atom is 0.387 e. The smallest absolute Gasteiger partial charge is 0.387 e. The highest BCUT2D eigenvalue weighted by molar-refractivity contribution is 6.31. The third-order valence-electron chi connectivity index (χ3n) is 3.89. The van der Waals surface area contributed by atoms with Crippen molar-refractivity contribution in [1.82, 2.24) is 10.6 Å². The molecular weight excluding hydrogens is 349 g/mol. The Balaban J connectivity index is 0.00000264. The van der Waals surface area contributed by atoms with E-state index in [1.54, 1.807) is 0 Å². The lowest BCUT2D eigenvalue weighted by Crippen LogP contribution is -2.43. The monoisotopic (exact) mass is 368 g/mol. The third kappa shape index (κ3) is 5.79. The molecule has 0 aliphatic carbocycles. The van der Waals surface area contributed by atoms with E-state index >= 15 is 0 Å². The number of amides is 1. The zero-order valence-corrected chi connectivity index (χ0v) is 14.3. The van der Waals surface area contributed by atoms with Crippen molar-refractivity contribution in [3.8, 4) is 5.75 Å². The van der Waals surface area contributed by atoms with E-state index in [-0.39, 0.29) is 29.1 Å². The van der Waals surface area contributed by atoms with E-state index in [1.807, 2.05) is 0 Å². The van der Waals surface area contributed by atoms with Crippen LogP contribution in [-0.4, -0.2) is 32.2 Å². The van der Waals surface area contributed by atoms with Crippen LogP contribution in [0.5, 0.6) is 5.75 Å². The topological polar surface area (TPSA) is 50.4 Å². The first-order valence-corrected chi connectivity index (χ1v) is 7.51. The summed E-state index contributed by atoms with van der Waals surface area (Å²) in [6, 6.07) is 4.01. The van der Waals surface area contributed by atoms with E-state index < -0.39 is 12.5 Å². The Bertz CT molecular complexity index is 538. The fourth-order valence-corrected chi connectivity index (χ4v) is 2.65. The van der Waals surface area contributed by atoms with Crippen molar-refractivity contribution in [3.05, 3.63) is 28.8 Å². The molecule has 0 spiro atoms. The highest BCUT2D eigenvalue weighted by atomic mass is 35.5. The minimum atomic E-state index is -2.99. The largest absolute Gasteiger partial charge is 0.434 e. The number of hydrogen-bond donors (Lipinski definition) is 2. The SMILES string of the molecule is CC1(CNC(=O)c2cc(Cl)ccc2OC(F)F)CCNCC1.Cl. The maximum absolute atomic E-state index is 12.4. The van der Waals surface area contributed by atoms with Gasteiger partial charge < -0.3 is 15.4 Å². The molecular formula is C15H20Cl2F2N2O2. The van der Waals surface area contributed by atoms with E-state index in [4.69, 9.17) is 11.6 Å². The van der Waals surface area contributed by atoms with E-state index in [0.717, 1.165) is 25.9 Å². The van der Waals surface area contributed by atoms with Crippen molar-refractivity contribution in [3.63, 3.8) is 0 Å². The molecule has 1 fully saturated rings. The summed E-state index contributed by atoms with van der Waals surface area (Å²) in [7, 11) is 0. The molecule has 0 radical (unpaired) electrons. The Morgan fingerprint density at radius 2 is 2.09 bits per heavy atom. The number of rotatable bonds is 5. The van der Waals surface area contributed by atoms with Gasteiger partial charge in [-0.3, -0.25) is 4.79 Å². The summed E-state index contributed by atoms with van der Waals surface area (Å²) in [4.78, 5) is 12.3. The average Bonchev–Trinajstić information content (AvgIpc) is 2.47. The van der Waals surface area contributed by atoms with E-state index in [9.17, 15) is 13.6 Å². The summed E-state index contributed by atoms with van der Waals surface area (Å²) in [5, 5.41) is 6.36. The molecule has 1 amide bonds. The Labute approximate surface area is 145 Å². The second-order valence-corrected chi connectivity index (χ2v) is 6.20. The third-order valence-corrected chi connectivity index (χ3v) is 4.12. The number of ether oxygens (including phenoxy) is 1. The highest BCUT2D eigenvalue weighted by Gasteiger charge is 2.27. The summed E-state index contributed by atoms with van der Waals surface area (Å²) in [5.74, 6) is -0.634. The molecule has 0 atom stereocenters. The molecule has 2 N–H and O–H groups in total. The Morgan fingerprint density at radius 3 is 2.70 bits per heavy atom. The van der Waals surface area contributed by atoms with Crippen LogP contribution in [0.3, 0.4) is 0 Å². The van der Waals surface area contributed by atoms with Crippen molar-refractivity contribution in [2.75, 3.05) is 19.6 Å². The minimum absolute atomic E-state index is 0. The molecule has 8 heteroatoms. The molecule has 4 nitrogen and oxygen atoms in total. The number of alkyl halides is 2. The molecule has 2 rings (SSSR count). The average molecular weight is 369 g/mol. The highest BCUT2D eigenvalue weighted by Crippen LogP contribution is 2.28. The van der Waals surface area contributed by atoms with Crippen LogP contribution in [0.1, 0.15) is 30.1 Å². The predicted molar refractivity (Wildman–Crippen MR) is 87.9 cm³/mol. The van der Waals surface area contributed by atoms with Crippen molar-refractivity contribution in [1.29, 1.82) is 0 Å². The molecule has 1 saturated heterocycles. The van der Waals surface area contributed by atoms with Crippen LogP contribution < -0.4 is 15.4 Å². The van der Waals surface area contributed by atoms with E-state index in [0.29, 0.717) is 11.6 Å². The Kier molecular flexibility index (Phi) is 7.51. The first-order chi connectivity index (χ1) is 10.4.